The van der Waals surface area contributed by atoms with Crippen LogP contribution >= 0.6 is 0 Å². The summed E-state index contributed by atoms with van der Waals surface area (Å²) in [6.07, 6.45) is 8.08. The largest absolute Gasteiger partial charge is 0.372 e. The Morgan fingerprint density at radius 1 is 1.05 bits per heavy atom. The molecule has 0 aliphatic heterocycles. The van der Waals surface area contributed by atoms with Gasteiger partial charge in [0.15, 0.2) is 0 Å². The lowest BCUT2D eigenvalue weighted by molar-refractivity contribution is 0.222. The van der Waals surface area contributed by atoms with Gasteiger partial charge in [0.25, 0.3) is 0 Å². The molecule has 0 spiro atoms. The highest BCUT2D eigenvalue weighted by Crippen LogP contribution is 2.37. The summed E-state index contributed by atoms with van der Waals surface area (Å²) < 4.78 is 0. The molecule has 0 heterocycles. The smallest absolute Gasteiger partial charge is 0.0366 e. The zero-order chi connectivity index (χ0) is 14.9. The number of rotatable bonds is 5. The second kappa shape index (κ2) is 6.00. The number of anilines is 1. The molecule has 2 fully saturated rings. The van der Waals surface area contributed by atoms with Gasteiger partial charge in [-0.25, -0.2) is 0 Å². The first-order chi connectivity index (χ1) is 10.0. The highest BCUT2D eigenvalue weighted by molar-refractivity contribution is 5.48. The van der Waals surface area contributed by atoms with Gasteiger partial charge in [0, 0.05) is 31.4 Å². The minimum absolute atomic E-state index is 0.551. The summed E-state index contributed by atoms with van der Waals surface area (Å²) >= 11 is 0. The second-order valence-electron chi connectivity index (χ2n) is 7.83. The summed E-state index contributed by atoms with van der Waals surface area (Å²) in [5.74, 6) is 0. The van der Waals surface area contributed by atoms with Gasteiger partial charge in [0.1, 0.15) is 0 Å². The van der Waals surface area contributed by atoms with Gasteiger partial charge in [-0.15, -0.1) is 0 Å². The first-order valence-corrected chi connectivity index (χ1v) is 8.59. The van der Waals surface area contributed by atoms with Gasteiger partial charge >= 0.3 is 0 Å². The van der Waals surface area contributed by atoms with Crippen molar-refractivity contribution in [1.29, 1.82) is 0 Å². The highest BCUT2D eigenvalue weighted by atomic mass is 15.1. The molecule has 2 aliphatic rings. The van der Waals surface area contributed by atoms with Crippen LogP contribution in [0.4, 0.5) is 5.69 Å². The van der Waals surface area contributed by atoms with E-state index in [-0.39, 0.29) is 0 Å². The number of nitrogens with zero attached hydrogens (tertiary/aromatic N) is 1. The lowest BCUT2D eigenvalue weighted by Gasteiger charge is -2.39. The maximum Gasteiger partial charge on any atom is 0.0366 e. The highest BCUT2D eigenvalue weighted by Gasteiger charge is 2.28. The molecule has 1 aromatic carbocycles. The van der Waals surface area contributed by atoms with E-state index in [0.717, 1.165) is 12.6 Å². The van der Waals surface area contributed by atoms with Crippen LogP contribution in [0.3, 0.4) is 0 Å². The van der Waals surface area contributed by atoms with E-state index in [9.17, 15) is 0 Å². The normalized spacial score (nSPS) is 22.2. The number of hydrogen-bond acceptors (Lipinski definition) is 2. The molecule has 2 heteroatoms. The molecule has 3 rings (SSSR count). The summed E-state index contributed by atoms with van der Waals surface area (Å²) in [5, 5.41) is 3.58. The molecule has 2 aliphatic carbocycles. The van der Waals surface area contributed by atoms with E-state index >= 15 is 0 Å². The quantitative estimate of drug-likeness (QED) is 0.866. The fraction of sp³-hybridized carbons (Fsp3) is 0.684. The summed E-state index contributed by atoms with van der Waals surface area (Å²) in [6, 6.07) is 10.7. The van der Waals surface area contributed by atoms with E-state index < -0.39 is 0 Å². The molecule has 0 aromatic heterocycles. The predicted octanol–water partition coefficient (Wildman–Crippen LogP) is 4.34. The number of hydrogen-bond donors (Lipinski definition) is 1. The van der Waals surface area contributed by atoms with Crippen molar-refractivity contribution in [2.75, 3.05) is 11.9 Å². The van der Waals surface area contributed by atoms with E-state index in [4.69, 9.17) is 0 Å². The van der Waals surface area contributed by atoms with Crippen molar-refractivity contribution in [3.63, 3.8) is 0 Å². The van der Waals surface area contributed by atoms with E-state index in [1.54, 1.807) is 0 Å². The minimum Gasteiger partial charge on any atom is -0.372 e. The van der Waals surface area contributed by atoms with Gasteiger partial charge in [-0.2, -0.15) is 0 Å². The van der Waals surface area contributed by atoms with Gasteiger partial charge in [-0.1, -0.05) is 26.0 Å². The van der Waals surface area contributed by atoms with E-state index in [2.05, 4.69) is 55.4 Å². The Labute approximate surface area is 129 Å². The Morgan fingerprint density at radius 3 is 2.24 bits per heavy atom. The molecule has 21 heavy (non-hydrogen) atoms. The third-order valence-corrected chi connectivity index (χ3v) is 5.37. The Balaban J connectivity index is 1.55. The molecule has 1 N–H and O–H groups in total. The summed E-state index contributed by atoms with van der Waals surface area (Å²) in [6.45, 7) is 5.84. The standard InChI is InChI=1S/C19H30N2/c1-19(2)12-10-18(11-13-19)21(3)17-8-4-15(5-9-17)14-20-16-6-7-16/h4-5,8-9,16,18,20H,6-7,10-14H2,1-3H3. The molecule has 1 aromatic rings. The third-order valence-electron chi connectivity index (χ3n) is 5.37. The topological polar surface area (TPSA) is 15.3 Å². The van der Waals surface area contributed by atoms with Crippen molar-refractivity contribution >= 4 is 5.69 Å². The van der Waals surface area contributed by atoms with Crippen LogP contribution in [0, 0.1) is 5.41 Å². The Bertz CT molecular complexity index is 449. The molecule has 0 saturated heterocycles. The minimum atomic E-state index is 0.551. The summed E-state index contributed by atoms with van der Waals surface area (Å²) in [4.78, 5) is 2.49. The number of benzene rings is 1. The molecule has 2 saturated carbocycles. The van der Waals surface area contributed by atoms with Crippen LogP contribution in [0.5, 0.6) is 0 Å². The monoisotopic (exact) mass is 286 g/mol. The SMILES string of the molecule is CN(c1ccc(CNC2CC2)cc1)C1CCC(C)(C)CC1. The Morgan fingerprint density at radius 2 is 1.67 bits per heavy atom. The van der Waals surface area contributed by atoms with Gasteiger partial charge < -0.3 is 10.2 Å². The van der Waals surface area contributed by atoms with Crippen LogP contribution in [0.25, 0.3) is 0 Å². The summed E-state index contributed by atoms with van der Waals surface area (Å²) in [5.41, 5.74) is 3.33. The number of nitrogens with one attached hydrogen (secondary N) is 1. The summed E-state index contributed by atoms with van der Waals surface area (Å²) in [7, 11) is 2.26. The fourth-order valence-electron chi connectivity index (χ4n) is 3.38. The Hall–Kier alpha value is -1.02. The van der Waals surface area contributed by atoms with Crippen molar-refractivity contribution in [2.45, 2.75) is 71.0 Å². The van der Waals surface area contributed by atoms with Crippen molar-refractivity contribution < 1.29 is 0 Å². The third kappa shape index (κ3) is 4.00. The molecular formula is C19H30N2. The van der Waals surface area contributed by atoms with Crippen LogP contribution in [0.1, 0.15) is 57.9 Å². The Kier molecular flexibility index (Phi) is 4.26. The fourth-order valence-corrected chi connectivity index (χ4v) is 3.38. The van der Waals surface area contributed by atoms with Crippen molar-refractivity contribution in [2.24, 2.45) is 5.41 Å². The van der Waals surface area contributed by atoms with Crippen molar-refractivity contribution in [1.82, 2.24) is 5.32 Å². The van der Waals surface area contributed by atoms with Crippen LogP contribution < -0.4 is 10.2 Å². The lowest BCUT2D eigenvalue weighted by Crippen LogP contribution is -2.37. The molecule has 2 nitrogen and oxygen atoms in total. The molecular weight excluding hydrogens is 256 g/mol. The molecule has 0 amide bonds. The zero-order valence-corrected chi connectivity index (χ0v) is 13.9. The predicted molar refractivity (Wildman–Crippen MR) is 90.7 cm³/mol. The molecule has 0 radical (unpaired) electrons. The molecule has 116 valence electrons. The maximum absolute atomic E-state index is 3.58. The average Bonchev–Trinajstić information content (AvgIpc) is 3.29. The first-order valence-electron chi connectivity index (χ1n) is 8.59. The van der Waals surface area contributed by atoms with E-state index in [0.29, 0.717) is 11.5 Å². The lowest BCUT2D eigenvalue weighted by atomic mass is 9.75. The maximum atomic E-state index is 3.58. The second-order valence-corrected chi connectivity index (χ2v) is 7.83. The van der Waals surface area contributed by atoms with Gasteiger partial charge in [0.05, 0.1) is 0 Å². The van der Waals surface area contributed by atoms with Crippen LogP contribution in [0.2, 0.25) is 0 Å². The molecule has 0 bridgehead atoms. The average molecular weight is 286 g/mol. The van der Waals surface area contributed by atoms with Gasteiger partial charge in [-0.3, -0.25) is 0 Å². The van der Waals surface area contributed by atoms with Crippen molar-refractivity contribution in [3.05, 3.63) is 29.8 Å². The van der Waals surface area contributed by atoms with Crippen LogP contribution in [-0.4, -0.2) is 19.1 Å². The van der Waals surface area contributed by atoms with Crippen LogP contribution in [0.15, 0.2) is 24.3 Å². The van der Waals surface area contributed by atoms with E-state index in [1.165, 1.54) is 49.8 Å². The molecule has 0 unspecified atom stereocenters. The zero-order valence-electron chi connectivity index (χ0n) is 13.9. The van der Waals surface area contributed by atoms with Gasteiger partial charge in [-0.05, 0) is 61.6 Å². The van der Waals surface area contributed by atoms with Gasteiger partial charge in [0.2, 0.25) is 0 Å². The van der Waals surface area contributed by atoms with E-state index in [1.807, 2.05) is 0 Å². The van der Waals surface area contributed by atoms with Crippen molar-refractivity contribution in [3.8, 4) is 0 Å². The molecule has 0 atom stereocenters. The first kappa shape index (κ1) is 14.9. The van der Waals surface area contributed by atoms with Crippen LogP contribution in [-0.2, 0) is 6.54 Å².